The molecule has 5 nitrogen and oxygen atoms in total. The molecule has 0 unspecified atom stereocenters. The molecule has 0 atom stereocenters. The number of aliphatic hydroxyl groups is 1. The number of benzene rings is 2. The Kier molecular flexibility index (Phi) is 4.92. The summed E-state index contributed by atoms with van der Waals surface area (Å²) in [5, 5.41) is 10.8. The van der Waals surface area contributed by atoms with Crippen molar-refractivity contribution in [1.82, 2.24) is 9.88 Å². The Bertz CT molecular complexity index is 940. The summed E-state index contributed by atoms with van der Waals surface area (Å²) >= 11 is 0. The molecule has 1 aliphatic rings. The predicted octanol–water partition coefficient (Wildman–Crippen LogP) is 3.47. The molecule has 0 aliphatic carbocycles. The van der Waals surface area contributed by atoms with E-state index in [1.807, 2.05) is 71.9 Å². The number of carbonyl (C=O) groups excluding carboxylic acids is 1. The number of anilines is 1. The van der Waals surface area contributed by atoms with Gasteiger partial charge in [-0.05, 0) is 48.2 Å². The lowest BCUT2D eigenvalue weighted by molar-refractivity contribution is -0.0162. The lowest BCUT2D eigenvalue weighted by atomic mass is 9.86. The van der Waals surface area contributed by atoms with Crippen molar-refractivity contribution in [3.05, 3.63) is 78.1 Å². The number of nitrogens with one attached hydrogen (secondary N) is 1. The van der Waals surface area contributed by atoms with Crippen LogP contribution in [0.2, 0.25) is 0 Å². The average Bonchev–Trinajstić information content (AvgIpc) is 3.21. The molecule has 1 fully saturated rings. The molecule has 4 rings (SSSR count). The largest absolute Gasteiger partial charge is 0.398 e. The Labute approximate surface area is 164 Å². The highest BCUT2D eigenvalue weighted by Gasteiger charge is 2.34. The maximum absolute atomic E-state index is 12.9. The van der Waals surface area contributed by atoms with Crippen LogP contribution in [0.3, 0.4) is 0 Å². The molecule has 1 aromatic heterocycles. The van der Waals surface area contributed by atoms with Crippen LogP contribution in [0.1, 0.15) is 28.8 Å². The second kappa shape index (κ2) is 7.52. The first kappa shape index (κ1) is 18.3. The van der Waals surface area contributed by atoms with Gasteiger partial charge in [0.25, 0.3) is 5.91 Å². The van der Waals surface area contributed by atoms with Gasteiger partial charge < -0.3 is 20.7 Å². The van der Waals surface area contributed by atoms with Gasteiger partial charge in [0.1, 0.15) is 0 Å². The predicted molar refractivity (Wildman–Crippen MR) is 111 cm³/mol. The lowest BCUT2D eigenvalue weighted by Gasteiger charge is -2.38. The number of amides is 1. The van der Waals surface area contributed by atoms with Crippen molar-refractivity contribution in [2.75, 3.05) is 18.8 Å². The van der Waals surface area contributed by atoms with Gasteiger partial charge in [-0.2, -0.15) is 0 Å². The Morgan fingerprint density at radius 3 is 2.43 bits per heavy atom. The number of hydrogen-bond donors (Lipinski definition) is 3. The summed E-state index contributed by atoms with van der Waals surface area (Å²) in [6.07, 6.45) is 5.57. The molecule has 0 saturated carbocycles. The van der Waals surface area contributed by atoms with E-state index in [1.54, 1.807) is 0 Å². The smallest absolute Gasteiger partial charge is 0.253 e. The Balaban J connectivity index is 1.41. The molecule has 2 heterocycles. The van der Waals surface area contributed by atoms with Crippen LogP contribution < -0.4 is 5.73 Å². The lowest BCUT2D eigenvalue weighted by Crippen LogP contribution is -2.47. The minimum atomic E-state index is -0.742. The zero-order chi connectivity index (χ0) is 19.6. The number of nitrogens with zero attached hydrogens (tertiary/aromatic N) is 1. The van der Waals surface area contributed by atoms with Crippen LogP contribution in [0.5, 0.6) is 0 Å². The minimum absolute atomic E-state index is 0.0104. The van der Waals surface area contributed by atoms with E-state index in [4.69, 9.17) is 5.73 Å². The Morgan fingerprint density at radius 1 is 1.07 bits per heavy atom. The number of para-hydroxylation sites is 1. The molecule has 4 N–H and O–H groups in total. The second-order valence-corrected chi connectivity index (χ2v) is 7.58. The van der Waals surface area contributed by atoms with Crippen molar-refractivity contribution >= 4 is 11.6 Å². The summed E-state index contributed by atoms with van der Waals surface area (Å²) in [5.74, 6) is 0.0104. The SMILES string of the molecule is Nc1ccccc1-c1ccc(C(=O)N2CCC(O)(Cc3cc[nH]c3)CC2)cc1. The first-order valence-electron chi connectivity index (χ1n) is 9.62. The van der Waals surface area contributed by atoms with Crippen LogP contribution in [0.25, 0.3) is 11.1 Å². The van der Waals surface area contributed by atoms with Crippen molar-refractivity contribution in [3.63, 3.8) is 0 Å². The summed E-state index contributed by atoms with van der Waals surface area (Å²) in [5.41, 5.74) is 9.74. The number of rotatable bonds is 4. The van der Waals surface area contributed by atoms with E-state index in [0.29, 0.717) is 37.9 Å². The van der Waals surface area contributed by atoms with Gasteiger partial charge in [0.05, 0.1) is 5.60 Å². The van der Waals surface area contributed by atoms with Crippen LogP contribution in [0.4, 0.5) is 5.69 Å². The van der Waals surface area contributed by atoms with Gasteiger partial charge in [0.15, 0.2) is 0 Å². The van der Waals surface area contributed by atoms with Gasteiger partial charge in [-0.15, -0.1) is 0 Å². The zero-order valence-corrected chi connectivity index (χ0v) is 15.8. The fraction of sp³-hybridized carbons (Fsp3) is 0.261. The number of hydrogen-bond acceptors (Lipinski definition) is 3. The number of aromatic amines is 1. The molecule has 28 heavy (non-hydrogen) atoms. The zero-order valence-electron chi connectivity index (χ0n) is 15.8. The molecule has 0 bridgehead atoms. The van der Waals surface area contributed by atoms with E-state index in [9.17, 15) is 9.90 Å². The average molecular weight is 375 g/mol. The van der Waals surface area contributed by atoms with Crippen LogP contribution in [0, 0.1) is 0 Å². The Morgan fingerprint density at radius 2 is 1.79 bits per heavy atom. The molecule has 5 heteroatoms. The normalized spacial score (nSPS) is 16.1. The maximum Gasteiger partial charge on any atom is 0.253 e. The summed E-state index contributed by atoms with van der Waals surface area (Å²) in [6.45, 7) is 1.13. The van der Waals surface area contributed by atoms with E-state index >= 15 is 0 Å². The second-order valence-electron chi connectivity index (χ2n) is 7.58. The molecule has 1 amide bonds. The molecular weight excluding hydrogens is 350 g/mol. The molecule has 1 aliphatic heterocycles. The van der Waals surface area contributed by atoms with E-state index in [-0.39, 0.29) is 5.91 Å². The maximum atomic E-state index is 12.9. The molecule has 0 spiro atoms. The summed E-state index contributed by atoms with van der Waals surface area (Å²) < 4.78 is 0. The first-order valence-corrected chi connectivity index (χ1v) is 9.62. The highest BCUT2D eigenvalue weighted by molar-refractivity contribution is 5.95. The third-order valence-electron chi connectivity index (χ3n) is 5.58. The van der Waals surface area contributed by atoms with E-state index in [2.05, 4.69) is 4.98 Å². The van der Waals surface area contributed by atoms with E-state index in [1.165, 1.54) is 0 Å². The molecule has 1 saturated heterocycles. The van der Waals surface area contributed by atoms with Crippen LogP contribution in [-0.2, 0) is 6.42 Å². The Hall–Kier alpha value is -3.05. The third kappa shape index (κ3) is 3.80. The molecule has 144 valence electrons. The van der Waals surface area contributed by atoms with Crippen LogP contribution in [0.15, 0.2) is 67.0 Å². The van der Waals surface area contributed by atoms with Gasteiger partial charge >= 0.3 is 0 Å². The first-order chi connectivity index (χ1) is 13.5. The third-order valence-corrected chi connectivity index (χ3v) is 5.58. The van der Waals surface area contributed by atoms with E-state index < -0.39 is 5.60 Å². The topological polar surface area (TPSA) is 82.3 Å². The van der Waals surface area contributed by atoms with Crippen molar-refractivity contribution in [3.8, 4) is 11.1 Å². The number of piperidine rings is 1. The standard InChI is InChI=1S/C23H25N3O2/c24-21-4-2-1-3-20(21)18-5-7-19(8-6-18)22(27)26-13-10-23(28,11-14-26)15-17-9-12-25-16-17/h1-9,12,16,25,28H,10-11,13-15,24H2. The number of carbonyl (C=O) groups is 1. The highest BCUT2D eigenvalue weighted by atomic mass is 16.3. The fourth-order valence-corrected chi connectivity index (χ4v) is 3.89. The van der Waals surface area contributed by atoms with Crippen LogP contribution in [-0.4, -0.2) is 39.6 Å². The number of nitrogen functional groups attached to an aromatic ring is 1. The molecule has 3 aromatic rings. The fourth-order valence-electron chi connectivity index (χ4n) is 3.89. The minimum Gasteiger partial charge on any atom is -0.398 e. The van der Waals surface area contributed by atoms with Crippen LogP contribution >= 0.6 is 0 Å². The number of likely N-dealkylation sites (tertiary alicyclic amines) is 1. The van der Waals surface area contributed by atoms with Gasteiger partial charge in [-0.1, -0.05) is 30.3 Å². The van der Waals surface area contributed by atoms with Crippen molar-refractivity contribution in [2.24, 2.45) is 0 Å². The monoisotopic (exact) mass is 375 g/mol. The van der Waals surface area contributed by atoms with Crippen molar-refractivity contribution in [2.45, 2.75) is 24.9 Å². The molecule has 0 radical (unpaired) electrons. The molecular formula is C23H25N3O2. The summed E-state index contributed by atoms with van der Waals surface area (Å²) in [4.78, 5) is 17.7. The van der Waals surface area contributed by atoms with E-state index in [0.717, 1.165) is 22.4 Å². The van der Waals surface area contributed by atoms with Gasteiger partial charge in [-0.3, -0.25) is 4.79 Å². The summed E-state index contributed by atoms with van der Waals surface area (Å²) in [6, 6.07) is 17.3. The quantitative estimate of drug-likeness (QED) is 0.611. The van der Waals surface area contributed by atoms with Gasteiger partial charge in [0.2, 0.25) is 0 Å². The van der Waals surface area contributed by atoms with Gasteiger partial charge in [-0.25, -0.2) is 0 Å². The highest BCUT2D eigenvalue weighted by Crippen LogP contribution is 2.28. The van der Waals surface area contributed by atoms with Gasteiger partial charge in [0, 0.05) is 48.7 Å². The van der Waals surface area contributed by atoms with Crippen molar-refractivity contribution in [1.29, 1.82) is 0 Å². The number of nitrogens with two attached hydrogens (primary N) is 1. The molecule has 2 aromatic carbocycles. The summed E-state index contributed by atoms with van der Waals surface area (Å²) in [7, 11) is 0. The number of aromatic nitrogens is 1. The van der Waals surface area contributed by atoms with Crippen molar-refractivity contribution < 1.29 is 9.90 Å². The number of H-pyrrole nitrogens is 1.